The summed E-state index contributed by atoms with van der Waals surface area (Å²) in [6, 6.07) is 12.3. The number of nitrogens with zero attached hydrogens (tertiary/aromatic N) is 4. The third-order valence-electron chi connectivity index (χ3n) is 3.81. The lowest BCUT2D eigenvalue weighted by molar-refractivity contribution is 0.275. The van der Waals surface area contributed by atoms with E-state index in [2.05, 4.69) is 41.3 Å². The number of pyridine rings is 1. The number of aromatic nitrogens is 4. The van der Waals surface area contributed by atoms with Crippen LogP contribution in [0.25, 0.3) is 5.69 Å². The number of rotatable bonds is 5. The average molecular weight is 308 g/mol. The predicted molar refractivity (Wildman–Crippen MR) is 88.4 cm³/mol. The highest BCUT2D eigenvalue weighted by molar-refractivity contribution is 5.38. The molecule has 0 saturated carbocycles. The fourth-order valence-corrected chi connectivity index (χ4v) is 2.69. The third kappa shape index (κ3) is 3.29. The number of hydrogen-bond donors (Lipinski definition) is 1. The highest BCUT2D eigenvalue weighted by atomic mass is 16.3. The second kappa shape index (κ2) is 6.71. The first-order valence-corrected chi connectivity index (χ1v) is 7.72. The molecule has 0 spiro atoms. The Balaban J connectivity index is 1.87. The monoisotopic (exact) mass is 308 g/mol. The molecular formula is C18H20N4O. The van der Waals surface area contributed by atoms with Gasteiger partial charge < -0.3 is 5.11 Å². The largest absolute Gasteiger partial charge is 0.390 e. The molecule has 0 amide bonds. The van der Waals surface area contributed by atoms with Gasteiger partial charge in [0.05, 0.1) is 18.0 Å². The van der Waals surface area contributed by atoms with E-state index in [0.717, 1.165) is 17.8 Å². The van der Waals surface area contributed by atoms with Crippen LogP contribution in [0, 0.1) is 0 Å². The molecule has 5 heteroatoms. The summed E-state index contributed by atoms with van der Waals surface area (Å²) in [5, 5.41) is 17.7. The summed E-state index contributed by atoms with van der Waals surface area (Å²) in [6.07, 6.45) is 4.49. The van der Waals surface area contributed by atoms with E-state index in [9.17, 15) is 5.11 Å². The van der Waals surface area contributed by atoms with Crippen molar-refractivity contribution >= 4 is 0 Å². The Kier molecular flexibility index (Phi) is 4.48. The second-order valence-electron chi connectivity index (χ2n) is 5.84. The quantitative estimate of drug-likeness (QED) is 0.787. The molecule has 1 aromatic carbocycles. The van der Waals surface area contributed by atoms with Crippen LogP contribution in [0.2, 0.25) is 0 Å². The average Bonchev–Trinajstić information content (AvgIpc) is 3.01. The highest BCUT2D eigenvalue weighted by Crippen LogP contribution is 2.22. The smallest absolute Gasteiger partial charge is 0.112 e. The number of hydrogen-bond acceptors (Lipinski definition) is 4. The van der Waals surface area contributed by atoms with Gasteiger partial charge in [0.15, 0.2) is 0 Å². The van der Waals surface area contributed by atoms with Crippen molar-refractivity contribution in [3.63, 3.8) is 0 Å². The maximum absolute atomic E-state index is 9.41. The van der Waals surface area contributed by atoms with Crippen molar-refractivity contribution in [1.29, 1.82) is 0 Å². The summed E-state index contributed by atoms with van der Waals surface area (Å²) < 4.78 is 1.81. The zero-order valence-corrected chi connectivity index (χ0v) is 13.3. The van der Waals surface area contributed by atoms with Gasteiger partial charge in [0.1, 0.15) is 5.69 Å². The SMILES string of the molecule is CC(C)c1c(CO)nnn1-c1ccc(Cc2ccncc2)cc1. The molecule has 118 valence electrons. The number of benzene rings is 1. The molecular weight excluding hydrogens is 288 g/mol. The van der Waals surface area contributed by atoms with Gasteiger partial charge in [-0.05, 0) is 47.7 Å². The molecule has 5 nitrogen and oxygen atoms in total. The van der Waals surface area contributed by atoms with Crippen LogP contribution in [0.15, 0.2) is 48.8 Å². The van der Waals surface area contributed by atoms with Crippen molar-refractivity contribution in [3.8, 4) is 5.69 Å². The lowest BCUT2D eigenvalue weighted by Gasteiger charge is -2.11. The Morgan fingerprint density at radius 1 is 1.00 bits per heavy atom. The summed E-state index contributed by atoms with van der Waals surface area (Å²) >= 11 is 0. The van der Waals surface area contributed by atoms with Crippen molar-refractivity contribution in [2.24, 2.45) is 0 Å². The fraction of sp³-hybridized carbons (Fsp3) is 0.278. The minimum Gasteiger partial charge on any atom is -0.390 e. The van der Waals surface area contributed by atoms with Crippen LogP contribution < -0.4 is 0 Å². The standard InChI is InChI=1S/C18H20N4O/c1-13(2)18-17(12-23)20-21-22(18)16-5-3-14(4-6-16)11-15-7-9-19-10-8-15/h3-10,13,23H,11-12H2,1-2H3. The molecule has 0 aliphatic carbocycles. The van der Waals surface area contributed by atoms with Gasteiger partial charge in [-0.15, -0.1) is 5.10 Å². The minimum absolute atomic E-state index is 0.0896. The Hall–Kier alpha value is -2.53. The predicted octanol–water partition coefficient (Wildman–Crippen LogP) is 2.87. The van der Waals surface area contributed by atoms with Gasteiger partial charge in [-0.3, -0.25) is 4.98 Å². The van der Waals surface area contributed by atoms with Gasteiger partial charge in [0.25, 0.3) is 0 Å². The fourth-order valence-electron chi connectivity index (χ4n) is 2.69. The van der Waals surface area contributed by atoms with Gasteiger partial charge in [0.2, 0.25) is 0 Å². The van der Waals surface area contributed by atoms with Gasteiger partial charge in [-0.25, -0.2) is 4.68 Å². The van der Waals surface area contributed by atoms with Crippen molar-refractivity contribution in [1.82, 2.24) is 20.0 Å². The van der Waals surface area contributed by atoms with Crippen LogP contribution in [0.4, 0.5) is 0 Å². The molecule has 0 saturated heterocycles. The molecule has 2 aromatic heterocycles. The first kappa shape index (κ1) is 15.4. The van der Waals surface area contributed by atoms with E-state index < -0.39 is 0 Å². The van der Waals surface area contributed by atoms with Gasteiger partial charge in [-0.2, -0.15) is 0 Å². The van der Waals surface area contributed by atoms with E-state index in [1.807, 2.05) is 41.3 Å². The summed E-state index contributed by atoms with van der Waals surface area (Å²) in [7, 11) is 0. The minimum atomic E-state index is -0.0896. The summed E-state index contributed by atoms with van der Waals surface area (Å²) in [5.41, 5.74) is 5.02. The van der Waals surface area contributed by atoms with E-state index in [1.54, 1.807) is 0 Å². The van der Waals surface area contributed by atoms with Crippen LogP contribution in [0.5, 0.6) is 0 Å². The normalized spacial score (nSPS) is 11.1. The lowest BCUT2D eigenvalue weighted by atomic mass is 10.1. The Morgan fingerprint density at radius 2 is 1.65 bits per heavy atom. The van der Waals surface area contributed by atoms with E-state index in [-0.39, 0.29) is 12.5 Å². The van der Waals surface area contributed by atoms with Gasteiger partial charge in [0, 0.05) is 12.4 Å². The Labute approximate surface area is 135 Å². The molecule has 3 rings (SSSR count). The first-order valence-electron chi connectivity index (χ1n) is 7.72. The third-order valence-corrected chi connectivity index (χ3v) is 3.81. The molecule has 23 heavy (non-hydrogen) atoms. The molecule has 0 bridgehead atoms. The molecule has 0 unspecified atom stereocenters. The van der Waals surface area contributed by atoms with Crippen LogP contribution in [0.1, 0.15) is 42.3 Å². The Morgan fingerprint density at radius 3 is 2.26 bits per heavy atom. The van der Waals surface area contributed by atoms with Crippen molar-refractivity contribution in [2.75, 3.05) is 0 Å². The van der Waals surface area contributed by atoms with E-state index in [1.165, 1.54) is 11.1 Å². The lowest BCUT2D eigenvalue weighted by Crippen LogP contribution is -2.05. The zero-order chi connectivity index (χ0) is 16.2. The molecule has 0 aliphatic rings. The maximum atomic E-state index is 9.41. The molecule has 3 aromatic rings. The molecule has 0 aliphatic heterocycles. The van der Waals surface area contributed by atoms with Crippen molar-refractivity contribution in [2.45, 2.75) is 32.8 Å². The first-order chi connectivity index (χ1) is 11.2. The van der Waals surface area contributed by atoms with Crippen LogP contribution in [-0.4, -0.2) is 25.1 Å². The molecule has 0 radical (unpaired) electrons. The highest BCUT2D eigenvalue weighted by Gasteiger charge is 2.16. The van der Waals surface area contributed by atoms with Crippen molar-refractivity contribution < 1.29 is 5.11 Å². The van der Waals surface area contributed by atoms with Crippen LogP contribution in [0.3, 0.4) is 0 Å². The molecule has 2 heterocycles. The molecule has 0 atom stereocenters. The van der Waals surface area contributed by atoms with E-state index >= 15 is 0 Å². The van der Waals surface area contributed by atoms with Crippen molar-refractivity contribution in [3.05, 3.63) is 71.3 Å². The number of aliphatic hydroxyl groups is 1. The number of aliphatic hydroxyl groups excluding tert-OH is 1. The summed E-state index contributed by atoms with van der Waals surface area (Å²) in [5.74, 6) is 0.239. The zero-order valence-electron chi connectivity index (χ0n) is 13.3. The summed E-state index contributed by atoms with van der Waals surface area (Å²) in [4.78, 5) is 4.04. The maximum Gasteiger partial charge on any atom is 0.112 e. The molecule has 1 N–H and O–H groups in total. The van der Waals surface area contributed by atoms with Crippen LogP contribution in [-0.2, 0) is 13.0 Å². The van der Waals surface area contributed by atoms with Gasteiger partial charge in [-0.1, -0.05) is 31.2 Å². The van der Waals surface area contributed by atoms with E-state index in [4.69, 9.17) is 0 Å². The summed E-state index contributed by atoms with van der Waals surface area (Å²) in [6.45, 7) is 4.06. The van der Waals surface area contributed by atoms with Crippen LogP contribution >= 0.6 is 0 Å². The van der Waals surface area contributed by atoms with Gasteiger partial charge >= 0.3 is 0 Å². The van der Waals surface area contributed by atoms with E-state index in [0.29, 0.717) is 5.69 Å². The Bertz CT molecular complexity index is 763. The molecule has 0 fully saturated rings. The second-order valence-corrected chi connectivity index (χ2v) is 5.84. The topological polar surface area (TPSA) is 63.8 Å².